The summed E-state index contributed by atoms with van der Waals surface area (Å²) in [5.74, 6) is 0. The highest BCUT2D eigenvalue weighted by Crippen LogP contribution is 2.35. The van der Waals surface area contributed by atoms with Gasteiger partial charge in [0.15, 0.2) is 0 Å². The average Bonchev–Trinajstić information content (AvgIpc) is 2.82. The second-order valence-electron chi connectivity index (χ2n) is 5.01. The second-order valence-corrected chi connectivity index (χ2v) is 5.01. The van der Waals surface area contributed by atoms with Gasteiger partial charge in [-0.3, -0.25) is 0 Å². The number of hydrogen-bond donors (Lipinski definition) is 1. The summed E-state index contributed by atoms with van der Waals surface area (Å²) in [5.41, 5.74) is 2.36. The standard InChI is InChI=1S/C16H14F3N/c17-16(18,19)12-5-3-6-13(10-12)20-15-9-8-11-4-1-2-7-14(11)15/h1-7,10,15,20H,8-9H2. The minimum atomic E-state index is -4.30. The van der Waals surface area contributed by atoms with E-state index in [1.807, 2.05) is 18.2 Å². The molecule has 2 aromatic carbocycles. The van der Waals surface area contributed by atoms with Gasteiger partial charge in [0.2, 0.25) is 0 Å². The van der Waals surface area contributed by atoms with Crippen molar-refractivity contribution in [1.82, 2.24) is 0 Å². The molecule has 0 aromatic heterocycles. The Kier molecular flexibility index (Phi) is 3.16. The fraction of sp³-hybridized carbons (Fsp3) is 0.250. The van der Waals surface area contributed by atoms with Crippen LogP contribution in [-0.4, -0.2) is 0 Å². The van der Waals surface area contributed by atoms with Gasteiger partial charge in [-0.05, 0) is 42.2 Å². The van der Waals surface area contributed by atoms with Gasteiger partial charge >= 0.3 is 6.18 Å². The summed E-state index contributed by atoms with van der Waals surface area (Å²) in [5, 5.41) is 3.21. The van der Waals surface area contributed by atoms with Crippen LogP contribution in [0.5, 0.6) is 0 Å². The zero-order valence-corrected chi connectivity index (χ0v) is 10.7. The van der Waals surface area contributed by atoms with E-state index in [1.54, 1.807) is 6.07 Å². The molecule has 0 amide bonds. The summed E-state index contributed by atoms with van der Waals surface area (Å²) in [7, 11) is 0. The van der Waals surface area contributed by atoms with Crippen LogP contribution < -0.4 is 5.32 Å². The van der Waals surface area contributed by atoms with E-state index >= 15 is 0 Å². The van der Waals surface area contributed by atoms with Gasteiger partial charge in [0.25, 0.3) is 0 Å². The van der Waals surface area contributed by atoms with Crippen molar-refractivity contribution in [3.63, 3.8) is 0 Å². The first-order valence-electron chi connectivity index (χ1n) is 6.55. The van der Waals surface area contributed by atoms with Gasteiger partial charge in [-0.15, -0.1) is 0 Å². The molecule has 0 bridgehead atoms. The molecule has 1 aliphatic carbocycles. The Bertz CT molecular complexity index is 619. The lowest BCUT2D eigenvalue weighted by Crippen LogP contribution is -2.09. The van der Waals surface area contributed by atoms with E-state index in [-0.39, 0.29) is 6.04 Å². The smallest absolute Gasteiger partial charge is 0.378 e. The third-order valence-electron chi connectivity index (χ3n) is 3.66. The van der Waals surface area contributed by atoms with Gasteiger partial charge < -0.3 is 5.32 Å². The summed E-state index contributed by atoms with van der Waals surface area (Å²) >= 11 is 0. The van der Waals surface area contributed by atoms with Crippen molar-refractivity contribution < 1.29 is 13.2 Å². The van der Waals surface area contributed by atoms with E-state index in [1.165, 1.54) is 23.3 Å². The lowest BCUT2D eigenvalue weighted by Gasteiger charge is -2.17. The quantitative estimate of drug-likeness (QED) is 0.831. The van der Waals surface area contributed by atoms with Crippen molar-refractivity contribution in [2.24, 2.45) is 0 Å². The Hall–Kier alpha value is -1.97. The molecule has 3 rings (SSSR count). The highest BCUT2D eigenvalue weighted by Gasteiger charge is 2.30. The van der Waals surface area contributed by atoms with E-state index in [2.05, 4.69) is 11.4 Å². The Labute approximate surface area is 115 Å². The van der Waals surface area contributed by atoms with Crippen molar-refractivity contribution >= 4 is 5.69 Å². The Morgan fingerprint density at radius 1 is 1.00 bits per heavy atom. The third-order valence-corrected chi connectivity index (χ3v) is 3.66. The fourth-order valence-electron chi connectivity index (χ4n) is 2.69. The molecule has 1 nitrogen and oxygen atoms in total. The normalized spacial score (nSPS) is 17.9. The molecule has 0 spiro atoms. The van der Waals surface area contributed by atoms with Crippen molar-refractivity contribution in [1.29, 1.82) is 0 Å². The molecule has 0 saturated carbocycles. The zero-order valence-electron chi connectivity index (χ0n) is 10.7. The molecule has 1 N–H and O–H groups in total. The van der Waals surface area contributed by atoms with Gasteiger partial charge in [0.1, 0.15) is 0 Å². The van der Waals surface area contributed by atoms with E-state index in [9.17, 15) is 13.2 Å². The highest BCUT2D eigenvalue weighted by molar-refractivity contribution is 5.50. The molecule has 1 atom stereocenters. The number of nitrogens with one attached hydrogen (secondary N) is 1. The molecule has 104 valence electrons. The lowest BCUT2D eigenvalue weighted by atomic mass is 10.1. The molecule has 0 aliphatic heterocycles. The molecule has 0 heterocycles. The third kappa shape index (κ3) is 2.50. The van der Waals surface area contributed by atoms with Crippen LogP contribution >= 0.6 is 0 Å². The van der Waals surface area contributed by atoms with Crippen LogP contribution in [0.25, 0.3) is 0 Å². The van der Waals surface area contributed by atoms with Gasteiger partial charge in [-0.1, -0.05) is 30.3 Å². The SMILES string of the molecule is FC(F)(F)c1cccc(NC2CCc3ccccc32)c1. The van der Waals surface area contributed by atoms with Gasteiger partial charge in [0.05, 0.1) is 11.6 Å². The number of aryl methyl sites for hydroxylation is 1. The van der Waals surface area contributed by atoms with Crippen molar-refractivity contribution in [2.75, 3.05) is 5.32 Å². The number of halogens is 3. The molecule has 20 heavy (non-hydrogen) atoms. The molecule has 0 radical (unpaired) electrons. The summed E-state index contributed by atoms with van der Waals surface area (Å²) in [6.07, 6.45) is -2.42. The van der Waals surface area contributed by atoms with Crippen molar-refractivity contribution in [3.8, 4) is 0 Å². The molecule has 2 aromatic rings. The van der Waals surface area contributed by atoms with E-state index < -0.39 is 11.7 Å². The summed E-state index contributed by atoms with van der Waals surface area (Å²) < 4.78 is 38.1. The Balaban J connectivity index is 1.83. The van der Waals surface area contributed by atoms with Gasteiger partial charge in [0, 0.05) is 5.69 Å². The number of alkyl halides is 3. The van der Waals surface area contributed by atoms with Crippen LogP contribution in [0.1, 0.15) is 29.2 Å². The van der Waals surface area contributed by atoms with Crippen LogP contribution in [0.2, 0.25) is 0 Å². The number of anilines is 1. The maximum atomic E-state index is 12.7. The van der Waals surface area contributed by atoms with Gasteiger partial charge in [-0.2, -0.15) is 13.2 Å². The predicted octanol–water partition coefficient (Wildman–Crippen LogP) is 4.80. The van der Waals surface area contributed by atoms with Crippen LogP contribution in [0.4, 0.5) is 18.9 Å². The maximum absolute atomic E-state index is 12.7. The van der Waals surface area contributed by atoms with Gasteiger partial charge in [-0.25, -0.2) is 0 Å². The lowest BCUT2D eigenvalue weighted by molar-refractivity contribution is -0.137. The number of benzene rings is 2. The van der Waals surface area contributed by atoms with E-state index in [4.69, 9.17) is 0 Å². The molecule has 1 unspecified atom stereocenters. The highest BCUT2D eigenvalue weighted by atomic mass is 19.4. The van der Waals surface area contributed by atoms with Crippen LogP contribution in [-0.2, 0) is 12.6 Å². The number of fused-ring (bicyclic) bond motifs is 1. The predicted molar refractivity (Wildman–Crippen MR) is 72.6 cm³/mol. The average molecular weight is 277 g/mol. The molecule has 4 heteroatoms. The minimum Gasteiger partial charge on any atom is -0.378 e. The maximum Gasteiger partial charge on any atom is 0.416 e. The molecular formula is C16H14F3N. The molecule has 0 saturated heterocycles. The van der Waals surface area contributed by atoms with Crippen molar-refractivity contribution in [3.05, 3.63) is 65.2 Å². The first-order chi connectivity index (χ1) is 9.54. The van der Waals surface area contributed by atoms with E-state index in [0.29, 0.717) is 5.69 Å². The van der Waals surface area contributed by atoms with Crippen molar-refractivity contribution in [2.45, 2.75) is 25.1 Å². The number of hydrogen-bond acceptors (Lipinski definition) is 1. The summed E-state index contributed by atoms with van der Waals surface area (Å²) in [6, 6.07) is 13.5. The Morgan fingerprint density at radius 3 is 2.60 bits per heavy atom. The summed E-state index contributed by atoms with van der Waals surface area (Å²) in [6.45, 7) is 0. The van der Waals surface area contributed by atoms with Crippen LogP contribution in [0, 0.1) is 0 Å². The molecular weight excluding hydrogens is 263 g/mol. The fourth-order valence-corrected chi connectivity index (χ4v) is 2.69. The second kappa shape index (κ2) is 4.85. The minimum absolute atomic E-state index is 0.0923. The number of rotatable bonds is 2. The monoisotopic (exact) mass is 277 g/mol. The van der Waals surface area contributed by atoms with Crippen LogP contribution in [0.15, 0.2) is 48.5 Å². The molecule has 1 aliphatic rings. The zero-order chi connectivity index (χ0) is 14.2. The Morgan fingerprint density at radius 2 is 1.80 bits per heavy atom. The largest absolute Gasteiger partial charge is 0.416 e. The summed E-state index contributed by atoms with van der Waals surface area (Å²) in [4.78, 5) is 0. The van der Waals surface area contributed by atoms with E-state index in [0.717, 1.165) is 18.9 Å². The van der Waals surface area contributed by atoms with Crippen LogP contribution in [0.3, 0.4) is 0 Å². The topological polar surface area (TPSA) is 12.0 Å². The first kappa shape index (κ1) is 13.0. The first-order valence-corrected chi connectivity index (χ1v) is 6.55. The molecule has 0 fully saturated rings.